The maximum absolute atomic E-state index is 12.0. The van der Waals surface area contributed by atoms with E-state index in [1.165, 1.54) is 36.7 Å². The van der Waals surface area contributed by atoms with Crippen LogP contribution in [0.25, 0.3) is 0 Å². The minimum atomic E-state index is -0.641. The molecule has 32 heavy (non-hydrogen) atoms. The molecule has 162 valence electrons. The van der Waals surface area contributed by atoms with Gasteiger partial charge in [-0.15, -0.1) is 0 Å². The average Bonchev–Trinajstić information content (AvgIpc) is 2.74. The van der Waals surface area contributed by atoms with E-state index in [-0.39, 0.29) is 34.1 Å². The Morgan fingerprint density at radius 2 is 1.00 bits per heavy atom. The van der Waals surface area contributed by atoms with E-state index in [4.69, 9.17) is 0 Å². The Labute approximate surface area is 181 Å². The minimum absolute atomic E-state index is 0.0332. The van der Waals surface area contributed by atoms with Gasteiger partial charge in [-0.1, -0.05) is 24.3 Å². The molecular weight excluding hydrogens is 416 g/mol. The molecule has 3 aromatic rings. The van der Waals surface area contributed by atoms with Crippen LogP contribution in [0.1, 0.15) is 31.8 Å². The molecule has 0 fully saturated rings. The number of phenolic OH excluding ortho intramolecular Hbond substituents is 4. The van der Waals surface area contributed by atoms with Crippen LogP contribution in [0.3, 0.4) is 0 Å². The van der Waals surface area contributed by atoms with Crippen molar-refractivity contribution in [3.8, 4) is 23.0 Å². The van der Waals surface area contributed by atoms with Gasteiger partial charge in [-0.2, -0.15) is 10.2 Å². The zero-order chi connectivity index (χ0) is 23.1. The highest BCUT2D eigenvalue weighted by Crippen LogP contribution is 2.23. The lowest BCUT2D eigenvalue weighted by Gasteiger charge is -2.03. The molecule has 0 aliphatic carbocycles. The lowest BCUT2D eigenvalue weighted by molar-refractivity contribution is 0.0944. The Morgan fingerprint density at radius 1 is 0.625 bits per heavy atom. The van der Waals surface area contributed by atoms with E-state index >= 15 is 0 Å². The fraction of sp³-hybridized carbons (Fsp3) is 0. The summed E-state index contributed by atoms with van der Waals surface area (Å²) < 4.78 is 0. The first-order valence-electron chi connectivity index (χ1n) is 9.14. The first-order valence-corrected chi connectivity index (χ1v) is 9.14. The van der Waals surface area contributed by atoms with Crippen molar-refractivity contribution in [1.29, 1.82) is 0 Å². The number of nitrogens with zero attached hydrogens (tertiary/aromatic N) is 2. The number of carbonyl (C=O) groups excluding carboxylic acids is 2. The molecule has 2 amide bonds. The Bertz CT molecular complexity index is 1110. The van der Waals surface area contributed by atoms with Gasteiger partial charge in [0, 0.05) is 12.1 Å². The van der Waals surface area contributed by atoms with Crippen LogP contribution in [-0.2, 0) is 0 Å². The molecule has 0 saturated heterocycles. The third-order valence-electron chi connectivity index (χ3n) is 4.15. The van der Waals surface area contributed by atoms with E-state index in [1.54, 1.807) is 24.3 Å². The van der Waals surface area contributed by atoms with Crippen LogP contribution < -0.4 is 10.9 Å². The molecule has 10 nitrogen and oxygen atoms in total. The molecule has 0 saturated carbocycles. The third kappa shape index (κ3) is 5.60. The summed E-state index contributed by atoms with van der Waals surface area (Å²) in [6.45, 7) is 0. The number of carbonyl (C=O) groups is 2. The maximum atomic E-state index is 12.0. The van der Waals surface area contributed by atoms with Gasteiger partial charge in [-0.25, -0.2) is 10.9 Å². The van der Waals surface area contributed by atoms with Crippen LogP contribution >= 0.6 is 0 Å². The second-order valence-corrected chi connectivity index (χ2v) is 6.47. The first kappa shape index (κ1) is 21.8. The summed E-state index contributed by atoms with van der Waals surface area (Å²) in [6.07, 6.45) is 2.79. The highest BCUT2D eigenvalue weighted by molar-refractivity contribution is 5.98. The molecule has 0 aliphatic rings. The van der Waals surface area contributed by atoms with Crippen molar-refractivity contribution in [1.82, 2.24) is 10.9 Å². The lowest BCUT2D eigenvalue weighted by atomic mass is 10.1. The van der Waals surface area contributed by atoms with Crippen LogP contribution in [0.4, 0.5) is 0 Å². The summed E-state index contributed by atoms with van der Waals surface area (Å²) in [4.78, 5) is 24.0. The van der Waals surface area contributed by atoms with Gasteiger partial charge in [-0.3, -0.25) is 9.59 Å². The van der Waals surface area contributed by atoms with Gasteiger partial charge in [0.05, 0.1) is 23.6 Å². The van der Waals surface area contributed by atoms with Gasteiger partial charge >= 0.3 is 0 Å². The van der Waals surface area contributed by atoms with Gasteiger partial charge < -0.3 is 20.4 Å². The summed E-state index contributed by atoms with van der Waals surface area (Å²) in [5, 5.41) is 45.5. The monoisotopic (exact) mass is 434 g/mol. The number of rotatable bonds is 6. The Balaban J connectivity index is 1.54. The average molecular weight is 434 g/mol. The molecule has 0 unspecified atom stereocenters. The first-order chi connectivity index (χ1) is 15.3. The second kappa shape index (κ2) is 9.76. The summed E-state index contributed by atoms with van der Waals surface area (Å²) >= 11 is 0. The van der Waals surface area contributed by atoms with Crippen molar-refractivity contribution in [2.24, 2.45) is 10.2 Å². The van der Waals surface area contributed by atoms with Crippen molar-refractivity contribution >= 4 is 24.2 Å². The van der Waals surface area contributed by atoms with Crippen molar-refractivity contribution < 1.29 is 30.0 Å². The molecule has 0 bridgehead atoms. The molecule has 3 aromatic carbocycles. The van der Waals surface area contributed by atoms with Crippen molar-refractivity contribution in [3.63, 3.8) is 0 Å². The van der Waals surface area contributed by atoms with E-state index < -0.39 is 11.8 Å². The molecular formula is C22H18N4O6. The number of amides is 2. The van der Waals surface area contributed by atoms with Crippen molar-refractivity contribution in [2.75, 3.05) is 0 Å². The van der Waals surface area contributed by atoms with Crippen molar-refractivity contribution in [2.45, 2.75) is 0 Å². The Hall–Kier alpha value is -4.86. The number of phenols is 4. The summed E-state index contributed by atoms with van der Waals surface area (Å²) in [7, 11) is 0. The van der Waals surface area contributed by atoms with Gasteiger partial charge in [0.2, 0.25) is 0 Å². The van der Waals surface area contributed by atoms with E-state index in [0.29, 0.717) is 11.1 Å². The fourth-order valence-corrected chi connectivity index (χ4v) is 2.54. The molecule has 3 rings (SSSR count). The topological polar surface area (TPSA) is 164 Å². The van der Waals surface area contributed by atoms with Gasteiger partial charge in [0.15, 0.2) is 0 Å². The second-order valence-electron chi connectivity index (χ2n) is 6.47. The highest BCUT2D eigenvalue weighted by atomic mass is 16.3. The predicted molar refractivity (Wildman–Crippen MR) is 116 cm³/mol. The molecule has 10 heteroatoms. The molecule has 0 heterocycles. The van der Waals surface area contributed by atoms with Crippen LogP contribution in [0.5, 0.6) is 23.0 Å². The molecule has 6 N–H and O–H groups in total. The lowest BCUT2D eigenvalue weighted by Crippen LogP contribution is -2.17. The number of nitrogens with one attached hydrogen (secondary N) is 2. The molecule has 0 atom stereocenters. The SMILES string of the molecule is O=C(N/N=C/c1ccc(/C=N/NC(=O)c2ccc(O)cc2O)cc1)c1ccc(O)cc1O. The highest BCUT2D eigenvalue weighted by Gasteiger charge is 2.11. The Kier molecular flexibility index (Phi) is 6.66. The number of hydrogen-bond donors (Lipinski definition) is 6. The molecule has 0 aromatic heterocycles. The quantitative estimate of drug-likeness (QED) is 0.257. The normalized spacial score (nSPS) is 11.0. The predicted octanol–water partition coefficient (Wildman–Crippen LogP) is 2.04. The number of benzene rings is 3. The fourth-order valence-electron chi connectivity index (χ4n) is 2.54. The number of aromatic hydroxyl groups is 4. The Morgan fingerprint density at radius 3 is 1.34 bits per heavy atom. The standard InChI is InChI=1S/C22H18N4O6/c27-15-5-7-17(19(29)9-15)21(31)25-23-11-13-1-2-14(4-3-13)12-24-26-22(32)18-8-6-16(28)10-20(18)30/h1-12,27-30H,(H,25,31)(H,26,32)/b23-11+,24-12+. The molecule has 0 spiro atoms. The largest absolute Gasteiger partial charge is 0.508 e. The van der Waals surface area contributed by atoms with Gasteiger partial charge in [0.25, 0.3) is 11.8 Å². The molecule has 0 radical (unpaired) electrons. The van der Waals surface area contributed by atoms with Crippen LogP contribution in [0.15, 0.2) is 70.9 Å². The van der Waals surface area contributed by atoms with Crippen LogP contribution in [0.2, 0.25) is 0 Å². The van der Waals surface area contributed by atoms with Crippen molar-refractivity contribution in [3.05, 3.63) is 82.9 Å². The van der Waals surface area contributed by atoms with E-state index in [9.17, 15) is 30.0 Å². The summed E-state index contributed by atoms with van der Waals surface area (Å²) in [5.74, 6) is -2.34. The van der Waals surface area contributed by atoms with E-state index in [0.717, 1.165) is 12.1 Å². The van der Waals surface area contributed by atoms with Crippen LogP contribution in [0, 0.1) is 0 Å². The van der Waals surface area contributed by atoms with Gasteiger partial charge in [0.1, 0.15) is 23.0 Å². The number of hydrazone groups is 2. The maximum Gasteiger partial charge on any atom is 0.275 e. The smallest absolute Gasteiger partial charge is 0.275 e. The van der Waals surface area contributed by atoms with E-state index in [1.807, 2.05) is 0 Å². The zero-order valence-corrected chi connectivity index (χ0v) is 16.4. The molecule has 0 aliphatic heterocycles. The third-order valence-corrected chi connectivity index (χ3v) is 4.15. The van der Waals surface area contributed by atoms with E-state index in [2.05, 4.69) is 21.1 Å². The minimum Gasteiger partial charge on any atom is -0.508 e. The summed E-state index contributed by atoms with van der Waals surface area (Å²) in [5.41, 5.74) is 5.80. The number of hydrogen-bond acceptors (Lipinski definition) is 8. The summed E-state index contributed by atoms with van der Waals surface area (Å²) in [6, 6.07) is 14.0. The zero-order valence-electron chi connectivity index (χ0n) is 16.4. The van der Waals surface area contributed by atoms with Gasteiger partial charge in [-0.05, 0) is 35.4 Å². The van der Waals surface area contributed by atoms with Crippen LogP contribution in [-0.4, -0.2) is 44.7 Å².